The van der Waals surface area contributed by atoms with Gasteiger partial charge in [-0.25, -0.2) is 9.79 Å². The van der Waals surface area contributed by atoms with E-state index in [9.17, 15) is 9.90 Å². The second kappa shape index (κ2) is 10.1. The first-order valence-corrected chi connectivity index (χ1v) is 14.8. The van der Waals surface area contributed by atoms with Crippen LogP contribution in [-0.2, 0) is 9.53 Å². The summed E-state index contributed by atoms with van der Waals surface area (Å²) in [5, 5.41) is 12.4. The Kier molecular flexibility index (Phi) is 7.34. The summed E-state index contributed by atoms with van der Waals surface area (Å²) in [4.78, 5) is 23.5. The van der Waals surface area contributed by atoms with Gasteiger partial charge in [-0.05, 0) is 106 Å². The van der Waals surface area contributed by atoms with E-state index >= 15 is 0 Å². The minimum absolute atomic E-state index is 0.172. The number of carbonyl (C=O) groups is 1. The average molecular weight is 513 g/mol. The first-order chi connectivity index (χ1) is 17.6. The maximum atomic E-state index is 12.4. The molecule has 1 heterocycles. The highest BCUT2D eigenvalue weighted by Crippen LogP contribution is 2.69. The van der Waals surface area contributed by atoms with Gasteiger partial charge in [0.05, 0.1) is 12.1 Å². The SMILES string of the molecule is CCN(CC)CCN=C(N)N=C1CC[C@@]2(C)[C@H](CC[C@@H]3[C@@H]2CC[C@]2(C)[C@@H](C4=CC(=O)OC4)CC[C@]32O)C1. The van der Waals surface area contributed by atoms with E-state index in [4.69, 9.17) is 15.5 Å². The van der Waals surface area contributed by atoms with Gasteiger partial charge in [-0.3, -0.25) is 4.99 Å². The van der Waals surface area contributed by atoms with Gasteiger partial charge >= 0.3 is 5.97 Å². The fourth-order valence-electron chi connectivity index (χ4n) is 9.36. The zero-order valence-electron chi connectivity index (χ0n) is 23.5. The molecule has 4 fully saturated rings. The normalized spacial score (nSPS) is 42.9. The van der Waals surface area contributed by atoms with Crippen molar-refractivity contribution < 1.29 is 14.6 Å². The molecular weight excluding hydrogens is 464 g/mol. The van der Waals surface area contributed by atoms with Gasteiger partial charge < -0.3 is 20.5 Å². The van der Waals surface area contributed by atoms with Crippen LogP contribution in [0.4, 0.5) is 0 Å². The predicted molar refractivity (Wildman–Crippen MR) is 147 cm³/mol. The van der Waals surface area contributed by atoms with Crippen molar-refractivity contribution >= 4 is 17.6 Å². The predicted octanol–water partition coefficient (Wildman–Crippen LogP) is 4.34. The average Bonchev–Trinajstić information content (AvgIpc) is 3.42. The summed E-state index contributed by atoms with van der Waals surface area (Å²) in [6, 6.07) is 0. The summed E-state index contributed by atoms with van der Waals surface area (Å²) < 4.78 is 5.26. The van der Waals surface area contributed by atoms with E-state index in [1.165, 1.54) is 5.71 Å². The van der Waals surface area contributed by atoms with Crippen molar-refractivity contribution in [2.75, 3.05) is 32.8 Å². The number of carbonyl (C=O) groups excluding carboxylic acids is 1. The molecule has 0 aromatic rings. The van der Waals surface area contributed by atoms with Crippen LogP contribution in [0, 0.1) is 34.5 Å². The third-order valence-electron chi connectivity index (χ3n) is 11.7. The number of guanidine groups is 1. The van der Waals surface area contributed by atoms with Crippen LogP contribution < -0.4 is 5.73 Å². The Morgan fingerprint density at radius 3 is 2.62 bits per heavy atom. The molecule has 5 aliphatic rings. The number of hydrogen-bond donors (Lipinski definition) is 2. The van der Waals surface area contributed by atoms with Gasteiger partial charge in [0.15, 0.2) is 0 Å². The standard InChI is InChI=1S/C30H48N4O3/c1-5-34(6-2)16-15-32-27(31)33-22-9-12-28(3)21(18-22)7-8-25-24(28)10-13-29(4)23(11-14-30(25,29)36)20-17-26(35)37-19-20/h17,21,23-25,36H,5-16,18-19H2,1-4H3,(H2,31,32)/t21-,23-,24+,25-,28+,29-,30+/m1/s1. The Morgan fingerprint density at radius 1 is 1.14 bits per heavy atom. The first-order valence-electron chi connectivity index (χ1n) is 14.8. The molecule has 0 saturated heterocycles. The number of likely N-dealkylation sites (N-methyl/N-ethyl adjacent to an activating group) is 1. The van der Waals surface area contributed by atoms with Crippen LogP contribution >= 0.6 is 0 Å². The summed E-state index contributed by atoms with van der Waals surface area (Å²) >= 11 is 0. The number of ether oxygens (including phenoxy) is 1. The second-order valence-electron chi connectivity index (χ2n) is 12.9. The lowest BCUT2D eigenvalue weighted by molar-refractivity contribution is -0.200. The number of nitrogens with two attached hydrogens (primary N) is 1. The molecule has 1 aliphatic heterocycles. The molecule has 4 aliphatic carbocycles. The molecule has 0 spiro atoms. The highest BCUT2D eigenvalue weighted by Gasteiger charge is 2.67. The molecular formula is C30H48N4O3. The molecule has 37 heavy (non-hydrogen) atoms. The van der Waals surface area contributed by atoms with Crippen molar-refractivity contribution in [3.8, 4) is 0 Å². The van der Waals surface area contributed by atoms with Crippen molar-refractivity contribution in [2.45, 2.75) is 91.1 Å². The van der Waals surface area contributed by atoms with Gasteiger partial charge in [-0.15, -0.1) is 0 Å². The number of rotatable bonds is 6. The summed E-state index contributed by atoms with van der Waals surface area (Å²) in [6.45, 7) is 13.2. The number of fused-ring (bicyclic) bond motifs is 5. The van der Waals surface area contributed by atoms with Crippen LogP contribution in [0.2, 0.25) is 0 Å². The summed E-state index contributed by atoms with van der Waals surface area (Å²) in [5.74, 6) is 1.94. The van der Waals surface area contributed by atoms with Crippen molar-refractivity contribution in [2.24, 2.45) is 50.2 Å². The summed E-state index contributed by atoms with van der Waals surface area (Å²) in [6.07, 6.45) is 11.0. The molecule has 5 rings (SSSR count). The van der Waals surface area contributed by atoms with Crippen LogP contribution in [0.25, 0.3) is 0 Å². The molecule has 0 amide bonds. The molecule has 7 heteroatoms. The molecule has 4 saturated carbocycles. The lowest BCUT2D eigenvalue weighted by atomic mass is 9.43. The fourth-order valence-corrected chi connectivity index (χ4v) is 9.36. The fraction of sp³-hybridized carbons (Fsp3) is 0.833. The lowest BCUT2D eigenvalue weighted by Gasteiger charge is -2.63. The van der Waals surface area contributed by atoms with E-state index in [0.717, 1.165) is 83.0 Å². The minimum Gasteiger partial charge on any atom is -0.458 e. The van der Waals surface area contributed by atoms with Crippen molar-refractivity contribution in [1.29, 1.82) is 0 Å². The maximum absolute atomic E-state index is 12.4. The Hall–Kier alpha value is -1.73. The van der Waals surface area contributed by atoms with Gasteiger partial charge in [0, 0.05) is 23.7 Å². The van der Waals surface area contributed by atoms with Crippen LogP contribution in [0.3, 0.4) is 0 Å². The largest absolute Gasteiger partial charge is 0.458 e. The van der Waals surface area contributed by atoms with Gasteiger partial charge in [0.2, 0.25) is 5.96 Å². The Balaban J connectivity index is 1.28. The van der Waals surface area contributed by atoms with E-state index < -0.39 is 5.60 Å². The summed E-state index contributed by atoms with van der Waals surface area (Å²) in [5.41, 5.74) is 7.95. The van der Waals surface area contributed by atoms with Gasteiger partial charge in [-0.1, -0.05) is 27.7 Å². The van der Waals surface area contributed by atoms with E-state index in [1.807, 2.05) is 0 Å². The van der Waals surface area contributed by atoms with Crippen LogP contribution in [0.1, 0.15) is 85.5 Å². The van der Waals surface area contributed by atoms with E-state index in [1.54, 1.807) is 6.08 Å². The van der Waals surface area contributed by atoms with E-state index in [0.29, 0.717) is 36.9 Å². The van der Waals surface area contributed by atoms with Gasteiger partial charge in [-0.2, -0.15) is 0 Å². The number of aliphatic hydroxyl groups is 1. The molecule has 0 bridgehead atoms. The molecule has 206 valence electrons. The zero-order chi connectivity index (χ0) is 26.4. The van der Waals surface area contributed by atoms with Crippen LogP contribution in [-0.4, -0.2) is 66.0 Å². The molecule has 3 N–H and O–H groups in total. The quantitative estimate of drug-likeness (QED) is 0.313. The highest BCUT2D eigenvalue weighted by atomic mass is 16.5. The van der Waals surface area contributed by atoms with Gasteiger partial charge in [0.25, 0.3) is 0 Å². The molecule has 7 atom stereocenters. The second-order valence-corrected chi connectivity index (χ2v) is 12.9. The smallest absolute Gasteiger partial charge is 0.331 e. The molecule has 7 nitrogen and oxygen atoms in total. The number of esters is 1. The summed E-state index contributed by atoms with van der Waals surface area (Å²) in [7, 11) is 0. The number of cyclic esters (lactones) is 1. The Morgan fingerprint density at radius 2 is 1.92 bits per heavy atom. The van der Waals surface area contributed by atoms with Gasteiger partial charge in [0.1, 0.15) is 6.61 Å². The lowest BCUT2D eigenvalue weighted by Crippen LogP contribution is -2.62. The van der Waals surface area contributed by atoms with Crippen LogP contribution in [0.15, 0.2) is 21.6 Å². The van der Waals surface area contributed by atoms with Crippen LogP contribution in [0.5, 0.6) is 0 Å². The first kappa shape index (κ1) is 26.9. The molecule has 0 unspecified atom stereocenters. The van der Waals surface area contributed by atoms with E-state index in [2.05, 4.69) is 37.6 Å². The van der Waals surface area contributed by atoms with E-state index in [-0.39, 0.29) is 22.7 Å². The Labute approximate surface area is 223 Å². The topological polar surface area (TPSA) is 101 Å². The van der Waals surface area contributed by atoms with Crippen molar-refractivity contribution in [1.82, 2.24) is 4.90 Å². The zero-order valence-corrected chi connectivity index (χ0v) is 23.5. The van der Waals surface area contributed by atoms with Crippen molar-refractivity contribution in [3.63, 3.8) is 0 Å². The van der Waals surface area contributed by atoms with Crippen molar-refractivity contribution in [3.05, 3.63) is 11.6 Å². The third-order valence-corrected chi connectivity index (χ3v) is 11.7. The minimum atomic E-state index is -0.655. The Bertz CT molecular complexity index is 987. The number of nitrogens with zero attached hydrogens (tertiary/aromatic N) is 3. The number of hydrogen-bond acceptors (Lipinski definition) is 5. The molecule has 0 aromatic heterocycles. The third kappa shape index (κ3) is 4.48. The monoisotopic (exact) mass is 512 g/mol. The molecule has 0 radical (unpaired) electrons. The number of aliphatic imine (C=N–C) groups is 2. The molecule has 0 aromatic carbocycles. The highest BCUT2D eigenvalue weighted by molar-refractivity contribution is 5.97. The maximum Gasteiger partial charge on any atom is 0.331 e.